The van der Waals surface area contributed by atoms with E-state index in [0.29, 0.717) is 24.0 Å². The molecule has 1 N–H and O–H groups in total. The van der Waals surface area contributed by atoms with Crippen LogP contribution in [0.25, 0.3) is 10.8 Å². The minimum Gasteiger partial charge on any atom is -0.304 e. The normalized spacial score (nSPS) is 18.7. The van der Waals surface area contributed by atoms with Crippen LogP contribution in [0.15, 0.2) is 146 Å². The first kappa shape index (κ1) is 22.7. The summed E-state index contributed by atoms with van der Waals surface area (Å²) in [5.74, 6) is 0.617. The van der Waals surface area contributed by atoms with Gasteiger partial charge in [-0.1, -0.05) is 140 Å². The van der Waals surface area contributed by atoms with Crippen LogP contribution in [0.2, 0.25) is 0 Å². The monoisotopic (exact) mass is 487 g/mol. The Hall–Kier alpha value is -4.49. The summed E-state index contributed by atoms with van der Waals surface area (Å²) >= 11 is 0. The highest BCUT2D eigenvalue weighted by molar-refractivity contribution is 6.02. The van der Waals surface area contributed by atoms with Crippen LogP contribution in [0.4, 0.5) is 0 Å². The summed E-state index contributed by atoms with van der Waals surface area (Å²) in [6.45, 7) is 0. The number of nitrogens with one attached hydrogen (secondary N) is 1. The van der Waals surface area contributed by atoms with Crippen LogP contribution in [0.1, 0.15) is 39.3 Å². The third kappa shape index (κ3) is 3.50. The fourth-order valence-corrected chi connectivity index (χ4v) is 6.79. The first-order chi connectivity index (χ1) is 18.7. The van der Waals surface area contributed by atoms with Crippen molar-refractivity contribution >= 4 is 16.5 Å². The summed E-state index contributed by atoms with van der Waals surface area (Å²) in [6.07, 6.45) is 9.78. The maximum absolute atomic E-state index is 9.01. The third-order valence-corrected chi connectivity index (χ3v) is 8.47. The van der Waals surface area contributed by atoms with E-state index in [0.717, 1.165) is 5.56 Å². The van der Waals surface area contributed by atoms with Gasteiger partial charge in [-0.2, -0.15) is 0 Å². The number of rotatable bonds is 5. The lowest BCUT2D eigenvalue weighted by Gasteiger charge is -2.39. The van der Waals surface area contributed by atoms with E-state index in [1.54, 1.807) is 0 Å². The summed E-state index contributed by atoms with van der Waals surface area (Å²) in [7, 11) is 0. The SMILES string of the molecule is N=C(Cc1ccc2c(c1)C(c1ccccc1)(c1ccccc1)C1C=CC=CC21)c1ccc2ccccc2c1. The molecule has 38 heavy (non-hydrogen) atoms. The minimum atomic E-state index is -0.287. The van der Waals surface area contributed by atoms with Crippen LogP contribution in [-0.2, 0) is 11.8 Å². The van der Waals surface area contributed by atoms with Crippen molar-refractivity contribution in [3.8, 4) is 0 Å². The van der Waals surface area contributed by atoms with E-state index in [2.05, 4.69) is 146 Å². The van der Waals surface area contributed by atoms with Crippen molar-refractivity contribution in [1.29, 1.82) is 5.41 Å². The predicted octanol–water partition coefficient (Wildman–Crippen LogP) is 8.62. The zero-order chi connectivity index (χ0) is 25.5. The molecule has 2 unspecified atom stereocenters. The van der Waals surface area contributed by atoms with E-state index >= 15 is 0 Å². The van der Waals surface area contributed by atoms with E-state index in [1.807, 2.05) is 0 Å². The first-order valence-corrected chi connectivity index (χ1v) is 13.4. The zero-order valence-corrected chi connectivity index (χ0v) is 21.2. The molecule has 0 radical (unpaired) electrons. The lowest BCUT2D eigenvalue weighted by Crippen LogP contribution is -2.35. The Kier molecular flexibility index (Phi) is 5.44. The Bertz CT molecular complexity index is 1670. The highest BCUT2D eigenvalue weighted by Gasteiger charge is 2.52. The topological polar surface area (TPSA) is 23.9 Å². The van der Waals surface area contributed by atoms with Crippen molar-refractivity contribution in [3.05, 3.63) is 179 Å². The molecule has 2 atom stereocenters. The quantitative estimate of drug-likeness (QED) is 0.240. The fraction of sp³-hybridized carbons (Fsp3) is 0.108. The van der Waals surface area contributed by atoms with Gasteiger partial charge < -0.3 is 5.41 Å². The Balaban J connectivity index is 1.37. The number of allylic oxidation sites excluding steroid dienone is 4. The van der Waals surface area contributed by atoms with Crippen LogP contribution in [0, 0.1) is 11.3 Å². The summed E-state index contributed by atoms with van der Waals surface area (Å²) in [5.41, 5.74) is 7.93. The maximum Gasteiger partial charge on any atom is 0.0525 e. The molecule has 0 spiro atoms. The highest BCUT2D eigenvalue weighted by Crippen LogP contribution is 2.59. The van der Waals surface area contributed by atoms with Crippen molar-refractivity contribution in [2.24, 2.45) is 5.92 Å². The molecule has 7 rings (SSSR count). The average molecular weight is 488 g/mol. The summed E-state index contributed by atoms with van der Waals surface area (Å²) < 4.78 is 0. The third-order valence-electron chi connectivity index (χ3n) is 8.47. The van der Waals surface area contributed by atoms with Crippen LogP contribution >= 0.6 is 0 Å². The van der Waals surface area contributed by atoms with Gasteiger partial charge in [0.1, 0.15) is 0 Å². The van der Waals surface area contributed by atoms with Crippen LogP contribution in [-0.4, -0.2) is 5.71 Å². The number of fused-ring (bicyclic) bond motifs is 4. The van der Waals surface area contributed by atoms with E-state index in [-0.39, 0.29) is 5.41 Å². The largest absolute Gasteiger partial charge is 0.304 e. The highest BCUT2D eigenvalue weighted by atomic mass is 14.5. The summed E-state index contributed by atoms with van der Waals surface area (Å²) in [5, 5.41) is 11.4. The maximum atomic E-state index is 9.01. The number of hydrogen-bond donors (Lipinski definition) is 1. The Labute approximate surface area is 224 Å². The molecule has 5 aromatic carbocycles. The molecule has 1 nitrogen and oxygen atoms in total. The average Bonchev–Trinajstić information content (AvgIpc) is 3.28. The second-order valence-corrected chi connectivity index (χ2v) is 10.5. The molecule has 2 aliphatic rings. The Morgan fingerprint density at radius 3 is 2.03 bits per heavy atom. The molecular weight excluding hydrogens is 458 g/mol. The van der Waals surface area contributed by atoms with E-state index < -0.39 is 0 Å². The van der Waals surface area contributed by atoms with Gasteiger partial charge in [-0.25, -0.2) is 0 Å². The molecule has 2 aliphatic carbocycles. The van der Waals surface area contributed by atoms with E-state index in [4.69, 9.17) is 5.41 Å². The first-order valence-electron chi connectivity index (χ1n) is 13.4. The van der Waals surface area contributed by atoms with Crippen LogP contribution in [0.5, 0.6) is 0 Å². The van der Waals surface area contributed by atoms with Gasteiger partial charge in [-0.3, -0.25) is 0 Å². The van der Waals surface area contributed by atoms with Crippen LogP contribution < -0.4 is 0 Å². The molecule has 0 saturated heterocycles. The van der Waals surface area contributed by atoms with Gasteiger partial charge in [0.2, 0.25) is 0 Å². The van der Waals surface area contributed by atoms with Gasteiger partial charge in [-0.15, -0.1) is 0 Å². The Morgan fingerprint density at radius 2 is 1.29 bits per heavy atom. The zero-order valence-electron chi connectivity index (χ0n) is 21.2. The molecule has 0 bridgehead atoms. The fourth-order valence-electron chi connectivity index (χ4n) is 6.79. The molecule has 5 aromatic rings. The number of hydrogen-bond acceptors (Lipinski definition) is 1. The van der Waals surface area contributed by atoms with Gasteiger partial charge in [0, 0.05) is 24.0 Å². The standard InChI is InChI=1S/C37H29N/c38-36(29-21-20-27-11-7-8-12-28(27)25-29)24-26-19-22-33-32-17-9-10-18-34(32)37(35(33)23-26,30-13-3-1-4-14-30)31-15-5-2-6-16-31/h1-23,25,32,34,38H,24H2. The number of benzene rings is 5. The second-order valence-electron chi connectivity index (χ2n) is 10.5. The van der Waals surface area contributed by atoms with Gasteiger partial charge in [0.25, 0.3) is 0 Å². The lowest BCUT2D eigenvalue weighted by molar-refractivity contribution is 0.456. The summed E-state index contributed by atoms with van der Waals surface area (Å²) in [4.78, 5) is 0. The Morgan fingerprint density at radius 1 is 0.632 bits per heavy atom. The van der Waals surface area contributed by atoms with E-state index in [9.17, 15) is 0 Å². The van der Waals surface area contributed by atoms with E-state index in [1.165, 1.54) is 38.6 Å². The molecule has 0 aromatic heterocycles. The molecule has 0 fully saturated rings. The predicted molar refractivity (Wildman–Crippen MR) is 158 cm³/mol. The van der Waals surface area contributed by atoms with Crippen LogP contribution in [0.3, 0.4) is 0 Å². The van der Waals surface area contributed by atoms with Gasteiger partial charge in [-0.05, 0) is 50.2 Å². The molecule has 0 heterocycles. The van der Waals surface area contributed by atoms with Gasteiger partial charge >= 0.3 is 0 Å². The minimum absolute atomic E-state index is 0.287. The van der Waals surface area contributed by atoms with Crippen molar-refractivity contribution in [3.63, 3.8) is 0 Å². The van der Waals surface area contributed by atoms with Crippen molar-refractivity contribution < 1.29 is 0 Å². The van der Waals surface area contributed by atoms with Crippen molar-refractivity contribution in [2.75, 3.05) is 0 Å². The van der Waals surface area contributed by atoms with Gasteiger partial charge in [0.15, 0.2) is 0 Å². The van der Waals surface area contributed by atoms with Gasteiger partial charge in [0.05, 0.1) is 5.41 Å². The molecule has 0 aliphatic heterocycles. The second kappa shape index (κ2) is 9.11. The molecule has 0 saturated carbocycles. The molecule has 1 heteroatoms. The van der Waals surface area contributed by atoms with Crippen molar-refractivity contribution in [2.45, 2.75) is 17.8 Å². The summed E-state index contributed by atoms with van der Waals surface area (Å²) in [6, 6.07) is 43.7. The van der Waals surface area contributed by atoms with Crippen molar-refractivity contribution in [1.82, 2.24) is 0 Å². The molecular formula is C37H29N. The smallest absolute Gasteiger partial charge is 0.0525 e. The lowest BCUT2D eigenvalue weighted by atomic mass is 9.63. The molecule has 182 valence electrons. The molecule has 0 amide bonds.